The van der Waals surface area contributed by atoms with Gasteiger partial charge in [0.25, 0.3) is 0 Å². The van der Waals surface area contributed by atoms with Crippen molar-refractivity contribution in [3.63, 3.8) is 0 Å². The van der Waals surface area contributed by atoms with Crippen LogP contribution >= 0.6 is 0 Å². The molecule has 8 heteroatoms. The second kappa shape index (κ2) is 10.0. The van der Waals surface area contributed by atoms with Crippen LogP contribution < -0.4 is 16.1 Å². The molecule has 0 aliphatic rings. The minimum atomic E-state index is -0.821. The molecule has 0 aliphatic carbocycles. The number of pyridine rings is 1. The zero-order chi connectivity index (χ0) is 20.6. The molecule has 8 nitrogen and oxygen atoms in total. The van der Waals surface area contributed by atoms with Gasteiger partial charge in [0.2, 0.25) is 17.7 Å². The number of hydroxylamine groups is 1. The molecule has 1 rings (SSSR count). The molecule has 0 aliphatic heterocycles. The lowest BCUT2D eigenvalue weighted by atomic mass is 9.85. The molecule has 0 radical (unpaired) electrons. The van der Waals surface area contributed by atoms with Crippen molar-refractivity contribution in [2.75, 3.05) is 5.32 Å². The van der Waals surface area contributed by atoms with Crippen molar-refractivity contribution < 1.29 is 19.6 Å². The summed E-state index contributed by atoms with van der Waals surface area (Å²) in [5, 5.41) is 14.2. The fourth-order valence-corrected chi connectivity index (χ4v) is 2.69. The van der Waals surface area contributed by atoms with Crippen molar-refractivity contribution in [1.29, 1.82) is 0 Å². The van der Waals surface area contributed by atoms with E-state index in [9.17, 15) is 14.4 Å². The predicted octanol–water partition coefficient (Wildman–Crippen LogP) is 2.11. The van der Waals surface area contributed by atoms with Crippen LogP contribution in [0.3, 0.4) is 0 Å². The topological polar surface area (TPSA) is 120 Å². The highest BCUT2D eigenvalue weighted by Gasteiger charge is 2.35. The number of amides is 3. The summed E-state index contributed by atoms with van der Waals surface area (Å²) in [5.41, 5.74) is 0.997. The first-order chi connectivity index (χ1) is 12.5. The van der Waals surface area contributed by atoms with Crippen molar-refractivity contribution >= 4 is 23.5 Å². The van der Waals surface area contributed by atoms with Gasteiger partial charge in [0.1, 0.15) is 11.9 Å². The van der Waals surface area contributed by atoms with E-state index >= 15 is 0 Å². The highest BCUT2D eigenvalue weighted by Crippen LogP contribution is 2.23. The standard InChI is InChI=1S/C19H30N4O4/c1-12(2)10-13(11-15(24)23-27)17(25)22-16(19(3,4)5)18(26)21-14-8-6-7-9-20-14/h6-9,12-13,16,27H,10-11H2,1-5H3,(H,22,25)(H,23,24)(H,20,21,26)/t13-,16-/m1/s1. The molecule has 1 heterocycles. The second-order valence-electron chi connectivity index (χ2n) is 8.08. The summed E-state index contributed by atoms with van der Waals surface area (Å²) in [6, 6.07) is 4.33. The fraction of sp³-hybridized carbons (Fsp3) is 0.579. The van der Waals surface area contributed by atoms with Crippen molar-refractivity contribution in [2.45, 2.75) is 53.5 Å². The maximum Gasteiger partial charge on any atom is 0.248 e. The predicted molar refractivity (Wildman–Crippen MR) is 102 cm³/mol. The van der Waals surface area contributed by atoms with Crippen LogP contribution in [0, 0.1) is 17.3 Å². The van der Waals surface area contributed by atoms with E-state index in [1.165, 1.54) is 0 Å². The highest BCUT2D eigenvalue weighted by atomic mass is 16.5. The quantitative estimate of drug-likeness (QED) is 0.408. The number of nitrogens with one attached hydrogen (secondary N) is 3. The van der Waals surface area contributed by atoms with E-state index in [0.29, 0.717) is 12.2 Å². The number of rotatable bonds is 8. The van der Waals surface area contributed by atoms with E-state index in [1.807, 2.05) is 34.6 Å². The molecule has 3 amide bonds. The Hall–Kier alpha value is -2.48. The Bertz CT molecular complexity index is 641. The van der Waals surface area contributed by atoms with Gasteiger partial charge in [0, 0.05) is 18.5 Å². The summed E-state index contributed by atoms with van der Waals surface area (Å²) in [4.78, 5) is 41.1. The Morgan fingerprint density at radius 1 is 1.15 bits per heavy atom. The molecule has 27 heavy (non-hydrogen) atoms. The number of carbonyl (C=O) groups is 3. The first-order valence-electron chi connectivity index (χ1n) is 8.99. The van der Waals surface area contributed by atoms with Crippen LogP contribution in [0.1, 0.15) is 47.5 Å². The Morgan fingerprint density at radius 3 is 2.30 bits per heavy atom. The number of carbonyl (C=O) groups excluding carboxylic acids is 3. The molecule has 0 saturated carbocycles. The second-order valence-corrected chi connectivity index (χ2v) is 8.08. The Kier molecular flexibility index (Phi) is 8.36. The van der Waals surface area contributed by atoms with Crippen LogP contribution in [0.25, 0.3) is 0 Å². The molecule has 0 spiro atoms. The SMILES string of the molecule is CC(C)C[C@H](CC(=O)NO)C(=O)N[C@H](C(=O)Nc1ccccn1)C(C)(C)C. The van der Waals surface area contributed by atoms with Crippen LogP contribution in [0.15, 0.2) is 24.4 Å². The normalized spacial score (nSPS) is 13.6. The summed E-state index contributed by atoms with van der Waals surface area (Å²) in [5.74, 6) is -1.51. The molecule has 1 aromatic rings. The van der Waals surface area contributed by atoms with Crippen molar-refractivity contribution in [1.82, 2.24) is 15.8 Å². The Morgan fingerprint density at radius 2 is 1.81 bits per heavy atom. The molecule has 4 N–H and O–H groups in total. The van der Waals surface area contributed by atoms with E-state index < -0.39 is 29.2 Å². The van der Waals surface area contributed by atoms with Crippen LogP contribution in [-0.4, -0.2) is 34.0 Å². The van der Waals surface area contributed by atoms with Crippen molar-refractivity contribution in [3.05, 3.63) is 24.4 Å². The highest BCUT2D eigenvalue weighted by molar-refractivity contribution is 5.97. The molecule has 1 aromatic heterocycles. The van der Waals surface area contributed by atoms with Gasteiger partial charge in [-0.15, -0.1) is 0 Å². The zero-order valence-electron chi connectivity index (χ0n) is 16.6. The van der Waals surface area contributed by atoms with Crippen molar-refractivity contribution in [3.8, 4) is 0 Å². The Balaban J connectivity index is 2.94. The first-order valence-corrected chi connectivity index (χ1v) is 8.99. The fourth-order valence-electron chi connectivity index (χ4n) is 2.69. The summed E-state index contributed by atoms with van der Waals surface area (Å²) in [6.45, 7) is 9.40. The number of nitrogens with zero attached hydrogens (tertiary/aromatic N) is 1. The van der Waals surface area contributed by atoms with Gasteiger partial charge in [-0.3, -0.25) is 19.6 Å². The lowest BCUT2D eigenvalue weighted by molar-refractivity contribution is -0.136. The molecule has 2 atom stereocenters. The lowest BCUT2D eigenvalue weighted by Crippen LogP contribution is -2.53. The molecular weight excluding hydrogens is 348 g/mol. The van der Waals surface area contributed by atoms with E-state index in [4.69, 9.17) is 5.21 Å². The van der Waals surface area contributed by atoms with Gasteiger partial charge in [0.05, 0.1) is 0 Å². The molecule has 150 valence electrons. The van der Waals surface area contributed by atoms with Crippen LogP contribution in [0.5, 0.6) is 0 Å². The van der Waals surface area contributed by atoms with Gasteiger partial charge in [-0.1, -0.05) is 40.7 Å². The number of hydrogen-bond acceptors (Lipinski definition) is 5. The molecule has 0 fully saturated rings. The molecule has 0 aromatic carbocycles. The summed E-state index contributed by atoms with van der Waals surface area (Å²) in [7, 11) is 0. The average molecular weight is 378 g/mol. The van der Waals surface area contributed by atoms with Gasteiger partial charge in [-0.2, -0.15) is 0 Å². The maximum absolute atomic E-state index is 12.8. The van der Waals surface area contributed by atoms with Gasteiger partial charge in [-0.25, -0.2) is 10.5 Å². The van der Waals surface area contributed by atoms with Crippen LogP contribution in [0.2, 0.25) is 0 Å². The number of aromatic nitrogens is 1. The van der Waals surface area contributed by atoms with E-state index in [2.05, 4.69) is 15.6 Å². The smallest absolute Gasteiger partial charge is 0.248 e. The van der Waals surface area contributed by atoms with Gasteiger partial charge in [0.15, 0.2) is 0 Å². The number of anilines is 1. The lowest BCUT2D eigenvalue weighted by Gasteiger charge is -2.31. The number of hydrogen-bond donors (Lipinski definition) is 4. The summed E-state index contributed by atoms with van der Waals surface area (Å²) < 4.78 is 0. The third-order valence-corrected chi connectivity index (χ3v) is 4.01. The van der Waals surface area contributed by atoms with Crippen LogP contribution in [0.4, 0.5) is 5.82 Å². The summed E-state index contributed by atoms with van der Waals surface area (Å²) in [6.07, 6.45) is 1.86. The molecule has 0 bridgehead atoms. The first kappa shape index (κ1) is 22.6. The van der Waals surface area contributed by atoms with E-state index in [1.54, 1.807) is 29.9 Å². The minimum Gasteiger partial charge on any atom is -0.344 e. The largest absolute Gasteiger partial charge is 0.344 e. The average Bonchev–Trinajstić information content (AvgIpc) is 2.58. The van der Waals surface area contributed by atoms with Crippen LogP contribution in [-0.2, 0) is 14.4 Å². The molecule has 0 saturated heterocycles. The maximum atomic E-state index is 12.8. The van der Waals surface area contributed by atoms with Gasteiger partial charge >= 0.3 is 0 Å². The van der Waals surface area contributed by atoms with E-state index in [-0.39, 0.29) is 18.2 Å². The van der Waals surface area contributed by atoms with Gasteiger partial charge < -0.3 is 10.6 Å². The Labute approximate surface area is 160 Å². The summed E-state index contributed by atoms with van der Waals surface area (Å²) >= 11 is 0. The van der Waals surface area contributed by atoms with Crippen molar-refractivity contribution in [2.24, 2.45) is 17.3 Å². The minimum absolute atomic E-state index is 0.154. The monoisotopic (exact) mass is 378 g/mol. The third-order valence-electron chi connectivity index (χ3n) is 4.01. The third kappa shape index (κ3) is 7.74. The van der Waals surface area contributed by atoms with Gasteiger partial charge in [-0.05, 0) is 29.9 Å². The molecule has 0 unspecified atom stereocenters. The molecular formula is C19H30N4O4. The zero-order valence-corrected chi connectivity index (χ0v) is 16.6. The van der Waals surface area contributed by atoms with E-state index in [0.717, 1.165) is 0 Å².